The summed E-state index contributed by atoms with van der Waals surface area (Å²) in [6, 6.07) is 2.48. The summed E-state index contributed by atoms with van der Waals surface area (Å²) >= 11 is 0. The predicted molar refractivity (Wildman–Crippen MR) is 84.1 cm³/mol. The summed E-state index contributed by atoms with van der Waals surface area (Å²) in [5.74, 6) is -0.122. The van der Waals surface area contributed by atoms with Crippen LogP contribution < -0.4 is 16.2 Å². The number of rotatable bonds is 4. The van der Waals surface area contributed by atoms with Crippen molar-refractivity contribution >= 4 is 16.9 Å². The third-order valence-corrected chi connectivity index (χ3v) is 3.96. The van der Waals surface area contributed by atoms with Gasteiger partial charge in [0, 0.05) is 23.7 Å². The molecule has 0 aromatic carbocycles. The van der Waals surface area contributed by atoms with Gasteiger partial charge in [-0.15, -0.1) is 0 Å². The van der Waals surface area contributed by atoms with Gasteiger partial charge in [0.2, 0.25) is 0 Å². The number of nitrogens with one attached hydrogen (secondary N) is 3. The fourth-order valence-electron chi connectivity index (χ4n) is 2.67. The molecular weight excluding hydrogens is 280 g/mol. The quantitative estimate of drug-likeness (QED) is 0.794. The summed E-state index contributed by atoms with van der Waals surface area (Å²) in [5, 5.41) is 8.17. The van der Waals surface area contributed by atoms with Crippen LogP contribution in [0.1, 0.15) is 50.0 Å². The van der Waals surface area contributed by atoms with Gasteiger partial charge in [0.25, 0.3) is 5.91 Å². The van der Waals surface area contributed by atoms with E-state index in [1.54, 1.807) is 12.4 Å². The summed E-state index contributed by atoms with van der Waals surface area (Å²) in [7, 11) is 0. The zero-order valence-corrected chi connectivity index (χ0v) is 13.1. The number of pyridine rings is 1. The fourth-order valence-corrected chi connectivity index (χ4v) is 2.67. The van der Waals surface area contributed by atoms with E-state index in [4.69, 9.17) is 0 Å². The van der Waals surface area contributed by atoms with Crippen LogP contribution >= 0.6 is 0 Å². The number of carbonyl (C=O) groups is 1. The molecule has 0 saturated carbocycles. The van der Waals surface area contributed by atoms with Crippen LogP contribution in [-0.4, -0.2) is 32.9 Å². The highest BCUT2D eigenvalue weighted by atomic mass is 16.1. The van der Waals surface area contributed by atoms with Gasteiger partial charge in [-0.25, -0.2) is 15.1 Å². The first-order valence-corrected chi connectivity index (χ1v) is 7.73. The van der Waals surface area contributed by atoms with Crippen LogP contribution in [0, 0.1) is 0 Å². The van der Waals surface area contributed by atoms with Gasteiger partial charge < -0.3 is 5.32 Å². The van der Waals surface area contributed by atoms with Crippen molar-refractivity contribution < 1.29 is 4.79 Å². The Kier molecular flexibility index (Phi) is 4.08. The van der Waals surface area contributed by atoms with Crippen LogP contribution in [0.3, 0.4) is 0 Å². The van der Waals surface area contributed by atoms with Crippen LogP contribution in [0.2, 0.25) is 0 Å². The largest absolute Gasteiger partial charge is 0.335 e. The molecule has 1 amide bonds. The maximum absolute atomic E-state index is 12.3. The first-order chi connectivity index (χ1) is 10.6. The smallest absolute Gasteiger partial charge is 0.254 e. The fraction of sp³-hybridized carbons (Fsp3) is 0.533. The molecule has 1 saturated heterocycles. The Hall–Kier alpha value is -1.99. The lowest BCUT2D eigenvalue weighted by molar-refractivity contribution is 0.0932. The number of fused-ring (bicyclic) bond motifs is 1. The molecule has 22 heavy (non-hydrogen) atoms. The van der Waals surface area contributed by atoms with E-state index in [1.165, 1.54) is 0 Å². The third-order valence-electron chi connectivity index (χ3n) is 3.96. The van der Waals surface area contributed by atoms with Gasteiger partial charge in [0.1, 0.15) is 0 Å². The van der Waals surface area contributed by atoms with Crippen molar-refractivity contribution in [1.29, 1.82) is 0 Å². The van der Waals surface area contributed by atoms with E-state index < -0.39 is 0 Å². The van der Waals surface area contributed by atoms with E-state index in [2.05, 4.69) is 47.0 Å². The molecule has 2 unspecified atom stereocenters. The standard InChI is InChI=1S/C15H22N6O/c1-4-12-6-13(20-19-12)18-15(22)11-5-10-8-17-21(9(2)3)14(10)16-7-11/h5,7-9,12-13,19-20H,4,6H2,1-3H3,(H,18,22). The molecule has 3 heterocycles. The number of nitrogens with zero attached hydrogens (tertiary/aromatic N) is 3. The highest BCUT2D eigenvalue weighted by Crippen LogP contribution is 2.17. The second kappa shape index (κ2) is 6.02. The number of hydrogen-bond donors (Lipinski definition) is 3. The number of amides is 1. The number of hydrazine groups is 1. The van der Waals surface area contributed by atoms with Crippen molar-refractivity contribution in [3.63, 3.8) is 0 Å². The van der Waals surface area contributed by atoms with Gasteiger partial charge in [-0.1, -0.05) is 6.92 Å². The van der Waals surface area contributed by atoms with Crippen LogP contribution in [0.15, 0.2) is 18.5 Å². The zero-order chi connectivity index (χ0) is 15.7. The summed E-state index contributed by atoms with van der Waals surface area (Å²) < 4.78 is 1.85. The molecule has 7 heteroatoms. The second-order valence-electron chi connectivity index (χ2n) is 5.98. The molecule has 7 nitrogen and oxygen atoms in total. The molecule has 2 aromatic heterocycles. The van der Waals surface area contributed by atoms with Gasteiger partial charge in [0.05, 0.1) is 17.9 Å². The lowest BCUT2D eigenvalue weighted by Gasteiger charge is -2.12. The Balaban J connectivity index is 1.74. The molecule has 1 fully saturated rings. The Bertz CT molecular complexity index is 680. The van der Waals surface area contributed by atoms with Crippen molar-refractivity contribution in [2.24, 2.45) is 0 Å². The molecule has 1 aliphatic heterocycles. The highest BCUT2D eigenvalue weighted by molar-refractivity contribution is 5.96. The van der Waals surface area contributed by atoms with E-state index >= 15 is 0 Å². The number of carbonyl (C=O) groups excluding carboxylic acids is 1. The Morgan fingerprint density at radius 1 is 1.45 bits per heavy atom. The van der Waals surface area contributed by atoms with Crippen LogP contribution in [0.25, 0.3) is 11.0 Å². The van der Waals surface area contributed by atoms with Crippen LogP contribution in [0.4, 0.5) is 0 Å². The van der Waals surface area contributed by atoms with E-state index in [0.29, 0.717) is 11.6 Å². The Morgan fingerprint density at radius 2 is 2.27 bits per heavy atom. The molecule has 0 radical (unpaired) electrons. The molecule has 0 bridgehead atoms. The monoisotopic (exact) mass is 302 g/mol. The van der Waals surface area contributed by atoms with Crippen LogP contribution in [0.5, 0.6) is 0 Å². The maximum atomic E-state index is 12.3. The Morgan fingerprint density at radius 3 is 2.95 bits per heavy atom. The first-order valence-electron chi connectivity index (χ1n) is 7.73. The zero-order valence-electron chi connectivity index (χ0n) is 13.1. The van der Waals surface area contributed by atoms with Gasteiger partial charge in [-0.2, -0.15) is 5.10 Å². The summed E-state index contributed by atoms with van der Waals surface area (Å²) in [4.78, 5) is 16.7. The van der Waals surface area contributed by atoms with Crippen molar-refractivity contribution in [2.75, 3.05) is 0 Å². The summed E-state index contributed by atoms with van der Waals surface area (Å²) in [6.45, 7) is 6.23. The molecule has 2 aromatic rings. The average molecular weight is 302 g/mol. The molecule has 1 aliphatic rings. The molecular formula is C15H22N6O. The minimum atomic E-state index is -0.122. The second-order valence-corrected chi connectivity index (χ2v) is 5.98. The minimum absolute atomic E-state index is 0.0495. The molecule has 0 spiro atoms. The molecule has 118 valence electrons. The van der Waals surface area contributed by atoms with E-state index in [1.807, 2.05) is 10.7 Å². The highest BCUT2D eigenvalue weighted by Gasteiger charge is 2.24. The summed E-state index contributed by atoms with van der Waals surface area (Å²) in [6.07, 6.45) is 5.22. The molecule has 0 aliphatic carbocycles. The number of aromatic nitrogens is 3. The van der Waals surface area contributed by atoms with Crippen molar-refractivity contribution in [1.82, 2.24) is 30.9 Å². The predicted octanol–water partition coefficient (Wildman–Crippen LogP) is 1.34. The Labute approximate surface area is 129 Å². The maximum Gasteiger partial charge on any atom is 0.254 e. The van der Waals surface area contributed by atoms with E-state index in [-0.39, 0.29) is 18.1 Å². The SMILES string of the molecule is CCC1CC(NC(=O)c2cnc3c(cnn3C(C)C)c2)NN1. The normalized spacial score (nSPS) is 21.6. The lowest BCUT2D eigenvalue weighted by Crippen LogP contribution is -2.44. The first kappa shape index (κ1) is 14.9. The van der Waals surface area contributed by atoms with Gasteiger partial charge in [-0.3, -0.25) is 10.2 Å². The lowest BCUT2D eigenvalue weighted by atomic mass is 10.1. The topological polar surface area (TPSA) is 83.9 Å². The van der Waals surface area contributed by atoms with Crippen molar-refractivity contribution in [3.8, 4) is 0 Å². The van der Waals surface area contributed by atoms with E-state index in [0.717, 1.165) is 23.9 Å². The minimum Gasteiger partial charge on any atom is -0.335 e. The third kappa shape index (κ3) is 2.82. The van der Waals surface area contributed by atoms with Crippen molar-refractivity contribution in [2.45, 2.75) is 51.9 Å². The van der Waals surface area contributed by atoms with Gasteiger partial charge in [-0.05, 0) is 32.8 Å². The molecule has 3 rings (SSSR count). The van der Waals surface area contributed by atoms with Crippen molar-refractivity contribution in [3.05, 3.63) is 24.0 Å². The van der Waals surface area contributed by atoms with Gasteiger partial charge in [0.15, 0.2) is 5.65 Å². The summed E-state index contributed by atoms with van der Waals surface area (Å²) in [5.41, 5.74) is 7.62. The molecule has 2 atom stereocenters. The molecule has 3 N–H and O–H groups in total. The number of hydrogen-bond acceptors (Lipinski definition) is 5. The van der Waals surface area contributed by atoms with E-state index in [9.17, 15) is 4.79 Å². The van der Waals surface area contributed by atoms with Crippen LogP contribution in [-0.2, 0) is 0 Å². The van der Waals surface area contributed by atoms with Gasteiger partial charge >= 0.3 is 0 Å². The average Bonchev–Trinajstić information content (AvgIpc) is 3.12.